The lowest BCUT2D eigenvalue weighted by molar-refractivity contribution is -0.139. The fourth-order valence-corrected chi connectivity index (χ4v) is 4.19. The van der Waals surface area contributed by atoms with Crippen LogP contribution in [0.25, 0.3) is 16.7 Å². The number of ether oxygens (including phenoxy) is 1. The second-order valence-electron chi connectivity index (χ2n) is 7.65. The van der Waals surface area contributed by atoms with Crippen molar-refractivity contribution < 1.29 is 22.1 Å². The smallest absolute Gasteiger partial charge is 0.339 e. The zero-order chi connectivity index (χ0) is 24.1. The average Bonchev–Trinajstić information content (AvgIpc) is 3.27. The Morgan fingerprint density at radius 1 is 0.971 bits per heavy atom. The van der Waals surface area contributed by atoms with E-state index in [9.17, 15) is 13.2 Å². The quantitative estimate of drug-likeness (QED) is 0.154. The van der Waals surface area contributed by atoms with Gasteiger partial charge in [-0.1, -0.05) is 43.0 Å². The summed E-state index contributed by atoms with van der Waals surface area (Å²) in [6.07, 6.45) is 1.17. The number of aromatic nitrogens is 3. The van der Waals surface area contributed by atoms with Gasteiger partial charge in [0, 0.05) is 5.57 Å². The molecule has 9 heteroatoms. The van der Waals surface area contributed by atoms with Gasteiger partial charge in [-0.15, -0.1) is 15.0 Å². The highest BCUT2D eigenvalue weighted by atomic mass is 32.2. The third-order valence-electron chi connectivity index (χ3n) is 4.95. The number of nitrogens with zero attached hydrogens (tertiary/aromatic N) is 3. The Kier molecular flexibility index (Phi) is 6.74. The van der Waals surface area contributed by atoms with Gasteiger partial charge in [0.2, 0.25) is 0 Å². The number of benzene rings is 3. The summed E-state index contributed by atoms with van der Waals surface area (Å²) < 4.78 is 36.3. The van der Waals surface area contributed by atoms with Crippen molar-refractivity contribution in [2.75, 3.05) is 6.61 Å². The van der Waals surface area contributed by atoms with Crippen LogP contribution in [0.1, 0.15) is 18.9 Å². The normalized spacial score (nSPS) is 11.3. The molecule has 0 saturated heterocycles. The van der Waals surface area contributed by atoms with E-state index >= 15 is 0 Å². The first-order valence-corrected chi connectivity index (χ1v) is 12.0. The molecule has 174 valence electrons. The van der Waals surface area contributed by atoms with Crippen molar-refractivity contribution in [3.05, 3.63) is 90.5 Å². The molecule has 0 aliphatic rings. The van der Waals surface area contributed by atoms with E-state index in [1.54, 1.807) is 43.3 Å². The molecule has 0 unspecified atom stereocenters. The summed E-state index contributed by atoms with van der Waals surface area (Å²) in [4.78, 5) is 13.0. The zero-order valence-electron chi connectivity index (χ0n) is 18.5. The summed E-state index contributed by atoms with van der Waals surface area (Å²) in [6.45, 7) is 5.40. The van der Waals surface area contributed by atoms with Gasteiger partial charge in [-0.05, 0) is 61.7 Å². The van der Waals surface area contributed by atoms with E-state index in [2.05, 4.69) is 16.8 Å². The molecule has 0 bridgehead atoms. The lowest BCUT2D eigenvalue weighted by atomic mass is 10.1. The van der Waals surface area contributed by atoms with Crippen LogP contribution in [0.15, 0.2) is 89.8 Å². The fraction of sp³-hybridized carbons (Fsp3) is 0.160. The molecule has 4 rings (SSSR count). The van der Waals surface area contributed by atoms with Crippen LogP contribution in [0.2, 0.25) is 0 Å². The summed E-state index contributed by atoms with van der Waals surface area (Å²) in [5.41, 5.74) is 2.94. The van der Waals surface area contributed by atoms with Gasteiger partial charge < -0.3 is 8.92 Å². The molecular weight excluding hydrogens is 454 g/mol. The molecule has 4 aromatic rings. The molecule has 0 atom stereocenters. The first-order chi connectivity index (χ1) is 16.3. The standard InChI is InChI=1S/C25H23N3O5S/c1-18(2)25(29)32-16-8-9-19-14-15-24(33-34(30,31)20-10-4-3-5-11-20)23(17-19)28-26-21-12-6-7-13-22(21)27-28/h3-7,10-15,17H,1,8-9,16H2,2H3. The lowest BCUT2D eigenvalue weighted by Crippen LogP contribution is -2.12. The third-order valence-corrected chi connectivity index (χ3v) is 6.20. The Labute approximate surface area is 197 Å². The van der Waals surface area contributed by atoms with E-state index < -0.39 is 16.1 Å². The van der Waals surface area contributed by atoms with Crippen LogP contribution in [0.5, 0.6) is 5.75 Å². The molecule has 0 N–H and O–H groups in total. The Balaban J connectivity index is 1.64. The van der Waals surface area contributed by atoms with Crippen molar-refractivity contribution in [2.45, 2.75) is 24.7 Å². The van der Waals surface area contributed by atoms with E-state index in [1.807, 2.05) is 24.3 Å². The van der Waals surface area contributed by atoms with Gasteiger partial charge in [0.1, 0.15) is 21.6 Å². The minimum Gasteiger partial charge on any atom is -0.462 e. The molecule has 1 aromatic heterocycles. The van der Waals surface area contributed by atoms with Crippen LogP contribution in [-0.4, -0.2) is 36.0 Å². The van der Waals surface area contributed by atoms with Crippen molar-refractivity contribution in [1.29, 1.82) is 0 Å². The Hall–Kier alpha value is -3.98. The molecule has 0 fully saturated rings. The van der Waals surface area contributed by atoms with Crippen LogP contribution in [0, 0.1) is 0 Å². The van der Waals surface area contributed by atoms with E-state index in [1.165, 1.54) is 16.9 Å². The van der Waals surface area contributed by atoms with Gasteiger partial charge in [-0.2, -0.15) is 8.42 Å². The highest BCUT2D eigenvalue weighted by molar-refractivity contribution is 7.87. The molecule has 1 heterocycles. The van der Waals surface area contributed by atoms with E-state index in [0.29, 0.717) is 35.1 Å². The molecule has 0 aliphatic carbocycles. The molecule has 0 amide bonds. The van der Waals surface area contributed by atoms with Crippen molar-refractivity contribution in [2.24, 2.45) is 0 Å². The lowest BCUT2D eigenvalue weighted by Gasteiger charge is -2.13. The van der Waals surface area contributed by atoms with Gasteiger partial charge in [-0.25, -0.2) is 4.79 Å². The molecule has 0 saturated carbocycles. The Morgan fingerprint density at radius 2 is 1.62 bits per heavy atom. The summed E-state index contributed by atoms with van der Waals surface area (Å²) in [6, 6.07) is 20.4. The maximum Gasteiger partial charge on any atom is 0.339 e. The van der Waals surface area contributed by atoms with Crippen molar-refractivity contribution >= 4 is 27.1 Å². The van der Waals surface area contributed by atoms with E-state index in [-0.39, 0.29) is 17.3 Å². The minimum atomic E-state index is -4.06. The van der Waals surface area contributed by atoms with Gasteiger partial charge in [0.15, 0.2) is 5.75 Å². The molecule has 3 aromatic carbocycles. The number of aryl methyl sites for hydroxylation is 1. The summed E-state index contributed by atoms with van der Waals surface area (Å²) >= 11 is 0. The number of carbonyl (C=O) groups is 1. The number of rotatable bonds is 9. The molecule has 0 spiro atoms. The second kappa shape index (κ2) is 9.88. The second-order valence-corrected chi connectivity index (χ2v) is 9.20. The van der Waals surface area contributed by atoms with E-state index in [4.69, 9.17) is 8.92 Å². The van der Waals surface area contributed by atoms with Crippen LogP contribution in [0.4, 0.5) is 0 Å². The highest BCUT2D eigenvalue weighted by Crippen LogP contribution is 2.28. The predicted octanol–water partition coefficient (Wildman–Crippen LogP) is 4.24. The number of hydrogen-bond acceptors (Lipinski definition) is 7. The van der Waals surface area contributed by atoms with Gasteiger partial charge in [0.05, 0.1) is 6.61 Å². The summed E-state index contributed by atoms with van der Waals surface area (Å²) in [7, 11) is -4.06. The maximum absolute atomic E-state index is 12.8. The zero-order valence-corrected chi connectivity index (χ0v) is 19.4. The largest absolute Gasteiger partial charge is 0.462 e. The average molecular weight is 478 g/mol. The number of fused-ring (bicyclic) bond motifs is 1. The minimum absolute atomic E-state index is 0.0444. The van der Waals surface area contributed by atoms with Crippen LogP contribution >= 0.6 is 0 Å². The van der Waals surface area contributed by atoms with Crippen LogP contribution < -0.4 is 4.18 Å². The molecule has 34 heavy (non-hydrogen) atoms. The van der Waals surface area contributed by atoms with Gasteiger partial charge in [-0.3, -0.25) is 0 Å². The first kappa shape index (κ1) is 23.2. The van der Waals surface area contributed by atoms with Crippen LogP contribution in [0.3, 0.4) is 0 Å². The van der Waals surface area contributed by atoms with Gasteiger partial charge in [0.25, 0.3) is 0 Å². The molecule has 0 radical (unpaired) electrons. The highest BCUT2D eigenvalue weighted by Gasteiger charge is 2.20. The maximum atomic E-state index is 12.8. The molecule has 8 nitrogen and oxygen atoms in total. The van der Waals surface area contributed by atoms with E-state index in [0.717, 1.165) is 5.56 Å². The number of hydrogen-bond donors (Lipinski definition) is 0. The molecular formula is C25H23N3O5S. The SMILES string of the molecule is C=C(C)C(=O)OCCCc1ccc(OS(=O)(=O)c2ccccc2)c(-n2nc3ccccc3n2)c1. The topological polar surface area (TPSA) is 100 Å². The predicted molar refractivity (Wildman–Crippen MR) is 127 cm³/mol. The fourth-order valence-electron chi connectivity index (χ4n) is 3.23. The third kappa shape index (κ3) is 5.32. The Morgan fingerprint density at radius 3 is 2.26 bits per heavy atom. The Bertz CT molecular complexity index is 1410. The van der Waals surface area contributed by atoms with Gasteiger partial charge >= 0.3 is 16.1 Å². The monoisotopic (exact) mass is 477 g/mol. The first-order valence-electron chi connectivity index (χ1n) is 10.6. The summed E-state index contributed by atoms with van der Waals surface area (Å²) in [5, 5.41) is 8.96. The summed E-state index contributed by atoms with van der Waals surface area (Å²) in [5.74, 6) is -0.329. The molecule has 0 aliphatic heterocycles. The van der Waals surface area contributed by atoms with Crippen LogP contribution in [-0.2, 0) is 26.1 Å². The van der Waals surface area contributed by atoms with Crippen molar-refractivity contribution in [3.63, 3.8) is 0 Å². The van der Waals surface area contributed by atoms with Crippen molar-refractivity contribution in [3.8, 4) is 11.4 Å². The van der Waals surface area contributed by atoms with Crippen molar-refractivity contribution in [1.82, 2.24) is 15.0 Å². The number of esters is 1. The number of carbonyl (C=O) groups excluding carboxylic acids is 1.